The predicted octanol–water partition coefficient (Wildman–Crippen LogP) is 2.96. The Labute approximate surface area is 154 Å². The van der Waals surface area contributed by atoms with Crippen LogP contribution in [0.2, 0.25) is 0 Å². The van der Waals surface area contributed by atoms with Gasteiger partial charge in [-0.1, -0.05) is 25.1 Å². The maximum absolute atomic E-state index is 12.5. The van der Waals surface area contributed by atoms with Crippen LogP contribution in [-0.2, 0) is 5.54 Å². The number of hydrogen-bond acceptors (Lipinski definition) is 4. The third-order valence-electron chi connectivity index (χ3n) is 5.80. The van der Waals surface area contributed by atoms with Crippen LogP contribution in [0.4, 0.5) is 4.79 Å². The van der Waals surface area contributed by atoms with E-state index < -0.39 is 5.54 Å². The SMILES string of the molecule is CNC(=O)N(C)C1(c2nnnn2-c2c(C)cccc2C)CCC(C)CC1. The highest BCUT2D eigenvalue weighted by atomic mass is 16.2. The first-order chi connectivity index (χ1) is 12.4. The zero-order valence-corrected chi connectivity index (χ0v) is 16.3. The summed E-state index contributed by atoms with van der Waals surface area (Å²) in [6.45, 7) is 6.38. The lowest BCUT2D eigenvalue weighted by Gasteiger charge is -2.44. The summed E-state index contributed by atoms with van der Waals surface area (Å²) in [6, 6.07) is 6.04. The topological polar surface area (TPSA) is 75.9 Å². The molecule has 1 aromatic carbocycles. The van der Waals surface area contributed by atoms with E-state index in [9.17, 15) is 4.79 Å². The van der Waals surface area contributed by atoms with E-state index in [0.717, 1.165) is 48.3 Å². The fourth-order valence-electron chi connectivity index (χ4n) is 4.08. The molecular weight excluding hydrogens is 328 g/mol. The van der Waals surface area contributed by atoms with Crippen molar-refractivity contribution in [3.05, 3.63) is 35.2 Å². The second-order valence-electron chi connectivity index (χ2n) is 7.48. The lowest BCUT2D eigenvalue weighted by atomic mass is 9.75. The molecule has 140 valence electrons. The van der Waals surface area contributed by atoms with Crippen molar-refractivity contribution in [3.8, 4) is 5.69 Å². The molecule has 26 heavy (non-hydrogen) atoms. The van der Waals surface area contributed by atoms with Crippen LogP contribution in [0.15, 0.2) is 18.2 Å². The van der Waals surface area contributed by atoms with Gasteiger partial charge in [-0.3, -0.25) is 0 Å². The molecule has 1 N–H and O–H groups in total. The van der Waals surface area contributed by atoms with Crippen molar-refractivity contribution in [1.29, 1.82) is 0 Å². The van der Waals surface area contributed by atoms with Crippen molar-refractivity contribution >= 4 is 6.03 Å². The van der Waals surface area contributed by atoms with Crippen molar-refractivity contribution in [2.24, 2.45) is 5.92 Å². The third-order valence-corrected chi connectivity index (χ3v) is 5.80. The molecule has 1 aliphatic rings. The average Bonchev–Trinajstić information content (AvgIpc) is 3.11. The fourth-order valence-corrected chi connectivity index (χ4v) is 4.08. The van der Waals surface area contributed by atoms with E-state index in [1.165, 1.54) is 0 Å². The molecule has 0 radical (unpaired) electrons. The second kappa shape index (κ2) is 7.05. The zero-order valence-electron chi connectivity index (χ0n) is 16.3. The summed E-state index contributed by atoms with van der Waals surface area (Å²) in [7, 11) is 3.50. The molecular formula is C19H28N6O. The number of amides is 2. The van der Waals surface area contributed by atoms with Crippen LogP contribution < -0.4 is 5.32 Å². The minimum atomic E-state index is -0.509. The molecule has 0 aliphatic heterocycles. The Balaban J connectivity index is 2.16. The minimum Gasteiger partial charge on any atom is -0.341 e. The van der Waals surface area contributed by atoms with Crippen molar-refractivity contribution in [3.63, 3.8) is 0 Å². The van der Waals surface area contributed by atoms with Gasteiger partial charge in [0.25, 0.3) is 0 Å². The maximum Gasteiger partial charge on any atom is 0.317 e. The second-order valence-corrected chi connectivity index (χ2v) is 7.48. The highest BCUT2D eigenvalue weighted by Crippen LogP contribution is 2.43. The van der Waals surface area contributed by atoms with E-state index in [1.807, 2.05) is 17.8 Å². The molecule has 0 atom stereocenters. The molecule has 1 saturated carbocycles. The van der Waals surface area contributed by atoms with Gasteiger partial charge in [0.2, 0.25) is 0 Å². The maximum atomic E-state index is 12.5. The Morgan fingerprint density at radius 2 is 1.88 bits per heavy atom. The van der Waals surface area contributed by atoms with Crippen LogP contribution in [0.1, 0.15) is 49.6 Å². The van der Waals surface area contributed by atoms with Gasteiger partial charge in [0.05, 0.1) is 5.69 Å². The molecule has 0 unspecified atom stereocenters. The van der Waals surface area contributed by atoms with Gasteiger partial charge in [0.15, 0.2) is 5.82 Å². The van der Waals surface area contributed by atoms with E-state index >= 15 is 0 Å². The Morgan fingerprint density at radius 3 is 2.46 bits per heavy atom. The van der Waals surface area contributed by atoms with E-state index in [2.05, 4.69) is 53.7 Å². The monoisotopic (exact) mass is 356 g/mol. The van der Waals surface area contributed by atoms with Gasteiger partial charge in [-0.2, -0.15) is 4.68 Å². The number of tetrazole rings is 1. The number of rotatable bonds is 3. The van der Waals surface area contributed by atoms with Gasteiger partial charge in [0.1, 0.15) is 5.54 Å². The van der Waals surface area contributed by atoms with Crippen molar-refractivity contribution in [1.82, 2.24) is 30.4 Å². The number of aromatic nitrogens is 4. The van der Waals surface area contributed by atoms with Crippen LogP contribution in [0.5, 0.6) is 0 Å². The molecule has 1 aromatic heterocycles. The van der Waals surface area contributed by atoms with Gasteiger partial charge < -0.3 is 10.2 Å². The Bertz CT molecular complexity index is 771. The predicted molar refractivity (Wildman–Crippen MR) is 100 cm³/mol. The van der Waals surface area contributed by atoms with Gasteiger partial charge in [0, 0.05) is 14.1 Å². The van der Waals surface area contributed by atoms with Crippen LogP contribution in [0.25, 0.3) is 5.69 Å². The number of nitrogens with one attached hydrogen (secondary N) is 1. The Hall–Kier alpha value is -2.44. The standard InChI is InChI=1S/C19H28N6O/c1-13-9-11-19(12-10-13,24(5)18(26)20-4)17-21-22-23-25(17)16-14(2)7-6-8-15(16)3/h6-8,13H,9-12H2,1-5H3,(H,20,26). The van der Waals surface area contributed by atoms with Crippen LogP contribution in [0, 0.1) is 19.8 Å². The average molecular weight is 356 g/mol. The smallest absolute Gasteiger partial charge is 0.317 e. The van der Waals surface area contributed by atoms with Crippen LogP contribution in [0.3, 0.4) is 0 Å². The number of para-hydroxylation sites is 1. The first kappa shape index (κ1) is 18.4. The van der Waals surface area contributed by atoms with Crippen LogP contribution in [-0.4, -0.2) is 45.2 Å². The number of benzene rings is 1. The normalized spacial score (nSPS) is 22.9. The fraction of sp³-hybridized carbons (Fsp3) is 0.579. The van der Waals surface area contributed by atoms with E-state index in [-0.39, 0.29) is 6.03 Å². The molecule has 2 amide bonds. The van der Waals surface area contributed by atoms with Gasteiger partial charge in [-0.05, 0) is 67.0 Å². The summed E-state index contributed by atoms with van der Waals surface area (Å²) in [5.74, 6) is 1.39. The Kier molecular flexibility index (Phi) is 4.98. The molecule has 7 nitrogen and oxygen atoms in total. The molecule has 1 fully saturated rings. The van der Waals surface area contributed by atoms with Crippen molar-refractivity contribution in [2.75, 3.05) is 14.1 Å². The van der Waals surface area contributed by atoms with E-state index in [0.29, 0.717) is 5.92 Å². The molecule has 1 aliphatic carbocycles. The zero-order chi connectivity index (χ0) is 18.9. The summed E-state index contributed by atoms with van der Waals surface area (Å²) in [4.78, 5) is 14.3. The highest BCUT2D eigenvalue weighted by molar-refractivity contribution is 5.74. The molecule has 1 heterocycles. The number of carbonyl (C=O) groups excluding carboxylic acids is 1. The summed E-state index contributed by atoms with van der Waals surface area (Å²) in [5.41, 5.74) is 2.71. The molecule has 0 saturated heterocycles. The van der Waals surface area contributed by atoms with Crippen LogP contribution >= 0.6 is 0 Å². The summed E-state index contributed by atoms with van der Waals surface area (Å²) >= 11 is 0. The quantitative estimate of drug-likeness (QED) is 0.917. The third kappa shape index (κ3) is 2.95. The minimum absolute atomic E-state index is 0.115. The molecule has 3 rings (SSSR count). The summed E-state index contributed by atoms with van der Waals surface area (Å²) in [6.07, 6.45) is 3.79. The summed E-state index contributed by atoms with van der Waals surface area (Å²) in [5, 5.41) is 15.5. The largest absolute Gasteiger partial charge is 0.341 e. The summed E-state index contributed by atoms with van der Waals surface area (Å²) < 4.78 is 1.83. The first-order valence-electron chi connectivity index (χ1n) is 9.21. The van der Waals surface area contributed by atoms with E-state index in [4.69, 9.17) is 0 Å². The van der Waals surface area contributed by atoms with Crippen molar-refractivity contribution in [2.45, 2.75) is 52.0 Å². The lowest BCUT2D eigenvalue weighted by Crippen LogP contribution is -2.53. The van der Waals surface area contributed by atoms with Crippen molar-refractivity contribution < 1.29 is 4.79 Å². The number of nitrogens with zero attached hydrogens (tertiary/aromatic N) is 5. The van der Waals surface area contributed by atoms with Gasteiger partial charge in [-0.15, -0.1) is 5.10 Å². The molecule has 0 spiro atoms. The molecule has 0 bridgehead atoms. The highest BCUT2D eigenvalue weighted by Gasteiger charge is 2.46. The Morgan fingerprint density at radius 1 is 1.27 bits per heavy atom. The van der Waals surface area contributed by atoms with Gasteiger partial charge in [-0.25, -0.2) is 4.79 Å². The van der Waals surface area contributed by atoms with Gasteiger partial charge >= 0.3 is 6.03 Å². The van der Waals surface area contributed by atoms with E-state index in [1.54, 1.807) is 11.9 Å². The lowest BCUT2D eigenvalue weighted by molar-refractivity contribution is 0.0732. The molecule has 7 heteroatoms. The number of aryl methyl sites for hydroxylation is 2. The number of hydrogen-bond donors (Lipinski definition) is 1. The number of urea groups is 1. The molecule has 2 aromatic rings. The first-order valence-corrected chi connectivity index (χ1v) is 9.21. The number of carbonyl (C=O) groups is 1.